The topological polar surface area (TPSA) is 38.9 Å². The van der Waals surface area contributed by atoms with Gasteiger partial charge in [0.2, 0.25) is 0 Å². The van der Waals surface area contributed by atoms with Crippen molar-refractivity contribution in [3.63, 3.8) is 0 Å². The van der Waals surface area contributed by atoms with Crippen molar-refractivity contribution in [2.75, 3.05) is 0 Å². The van der Waals surface area contributed by atoms with Gasteiger partial charge in [-0.05, 0) is 30.7 Å². The summed E-state index contributed by atoms with van der Waals surface area (Å²) in [5.41, 5.74) is 7.94. The molecule has 1 atom stereocenters. The van der Waals surface area contributed by atoms with E-state index < -0.39 is 5.54 Å². The predicted octanol–water partition coefficient (Wildman–Crippen LogP) is 4.37. The molecule has 0 aliphatic rings. The van der Waals surface area contributed by atoms with Crippen LogP contribution in [0.1, 0.15) is 17.5 Å². The summed E-state index contributed by atoms with van der Waals surface area (Å²) in [6.07, 6.45) is 0.677. The fourth-order valence-corrected chi connectivity index (χ4v) is 3.82. The van der Waals surface area contributed by atoms with Gasteiger partial charge in [-0.3, -0.25) is 0 Å². The predicted molar refractivity (Wildman–Crippen MR) is 86.3 cm³/mol. The van der Waals surface area contributed by atoms with E-state index in [-0.39, 0.29) is 0 Å². The molecule has 1 heterocycles. The zero-order valence-corrected chi connectivity index (χ0v) is 12.7. The molecule has 0 saturated heterocycles. The molecule has 0 spiro atoms. The first-order chi connectivity index (χ1) is 9.56. The summed E-state index contributed by atoms with van der Waals surface area (Å²) in [5.74, 6) is 0. The van der Waals surface area contributed by atoms with E-state index in [2.05, 4.69) is 11.1 Å². The maximum atomic E-state index is 6.47. The van der Waals surface area contributed by atoms with Gasteiger partial charge in [-0.1, -0.05) is 41.9 Å². The van der Waals surface area contributed by atoms with Crippen LogP contribution < -0.4 is 5.73 Å². The Morgan fingerprint density at radius 3 is 2.60 bits per heavy atom. The molecular formula is C16H15ClN2S. The number of nitrogens with zero attached hydrogens (tertiary/aromatic N) is 1. The van der Waals surface area contributed by atoms with Crippen LogP contribution in [0.15, 0.2) is 48.5 Å². The number of aromatic nitrogens is 1. The normalized spacial score (nSPS) is 14.3. The van der Waals surface area contributed by atoms with E-state index in [0.717, 1.165) is 16.1 Å². The number of hydrogen-bond acceptors (Lipinski definition) is 3. The highest BCUT2D eigenvalue weighted by molar-refractivity contribution is 7.18. The Hall–Kier alpha value is -1.42. The van der Waals surface area contributed by atoms with Gasteiger partial charge in [0.15, 0.2) is 0 Å². The fourth-order valence-electron chi connectivity index (χ4n) is 2.33. The molecule has 3 aromatic rings. The van der Waals surface area contributed by atoms with Gasteiger partial charge in [0.25, 0.3) is 0 Å². The molecule has 4 heteroatoms. The third-order valence-corrected chi connectivity index (χ3v) is 4.71. The molecule has 0 fully saturated rings. The zero-order valence-electron chi connectivity index (χ0n) is 11.1. The number of halogens is 1. The maximum absolute atomic E-state index is 6.47. The second-order valence-electron chi connectivity index (χ2n) is 5.15. The number of hydrogen-bond donors (Lipinski definition) is 1. The van der Waals surface area contributed by atoms with Gasteiger partial charge in [0.1, 0.15) is 0 Å². The fraction of sp³-hybridized carbons (Fsp3) is 0.188. The molecule has 20 heavy (non-hydrogen) atoms. The second kappa shape index (κ2) is 5.17. The van der Waals surface area contributed by atoms with Crippen molar-refractivity contribution in [2.45, 2.75) is 18.9 Å². The molecule has 1 unspecified atom stereocenters. The molecule has 2 nitrogen and oxygen atoms in total. The third kappa shape index (κ3) is 2.57. The lowest BCUT2D eigenvalue weighted by Crippen LogP contribution is -2.35. The number of benzene rings is 2. The summed E-state index contributed by atoms with van der Waals surface area (Å²) in [6, 6.07) is 15.9. The Kier molecular flexibility index (Phi) is 3.50. The minimum Gasteiger partial charge on any atom is -0.321 e. The van der Waals surface area contributed by atoms with E-state index in [1.807, 2.05) is 49.4 Å². The smallest absolute Gasteiger partial charge is 0.0960 e. The lowest BCUT2D eigenvalue weighted by molar-refractivity contribution is 0.491. The summed E-state index contributed by atoms with van der Waals surface area (Å²) in [7, 11) is 0. The molecule has 0 amide bonds. The highest BCUT2D eigenvalue weighted by Gasteiger charge is 2.25. The van der Waals surface area contributed by atoms with Crippen LogP contribution in [0.25, 0.3) is 10.2 Å². The molecule has 0 aliphatic carbocycles. The first-order valence-electron chi connectivity index (χ1n) is 6.44. The van der Waals surface area contributed by atoms with Crippen LogP contribution in [-0.2, 0) is 12.0 Å². The standard InChI is InChI=1S/C16H15ClN2S/c1-16(18,11-6-2-3-7-12(11)17)10-15-19-13-8-4-5-9-14(13)20-15/h2-9H,10,18H2,1H3. The molecule has 2 aromatic carbocycles. The van der Waals surface area contributed by atoms with Crippen molar-refractivity contribution in [3.05, 3.63) is 64.1 Å². The molecule has 0 bridgehead atoms. The summed E-state index contributed by atoms with van der Waals surface area (Å²) in [4.78, 5) is 4.65. The largest absolute Gasteiger partial charge is 0.321 e. The van der Waals surface area contributed by atoms with Crippen LogP contribution in [0.5, 0.6) is 0 Å². The van der Waals surface area contributed by atoms with Crippen LogP contribution >= 0.6 is 22.9 Å². The van der Waals surface area contributed by atoms with Crippen molar-refractivity contribution in [1.82, 2.24) is 4.98 Å². The van der Waals surface area contributed by atoms with E-state index in [4.69, 9.17) is 17.3 Å². The molecule has 2 N–H and O–H groups in total. The average Bonchev–Trinajstić information content (AvgIpc) is 2.80. The Labute approximate surface area is 127 Å². The van der Waals surface area contributed by atoms with E-state index >= 15 is 0 Å². The molecular weight excluding hydrogens is 288 g/mol. The van der Waals surface area contributed by atoms with E-state index in [9.17, 15) is 0 Å². The highest BCUT2D eigenvalue weighted by Crippen LogP contribution is 2.31. The minimum atomic E-state index is -0.522. The van der Waals surface area contributed by atoms with Crippen molar-refractivity contribution >= 4 is 33.2 Å². The molecule has 0 radical (unpaired) electrons. The van der Waals surface area contributed by atoms with Gasteiger partial charge in [-0.15, -0.1) is 11.3 Å². The molecule has 0 saturated carbocycles. The Morgan fingerprint density at radius 2 is 1.85 bits per heavy atom. The highest BCUT2D eigenvalue weighted by atomic mass is 35.5. The number of rotatable bonds is 3. The van der Waals surface area contributed by atoms with Gasteiger partial charge in [-0.2, -0.15) is 0 Å². The van der Waals surface area contributed by atoms with Crippen molar-refractivity contribution < 1.29 is 0 Å². The Balaban J connectivity index is 1.95. The van der Waals surface area contributed by atoms with Crippen molar-refractivity contribution in [2.24, 2.45) is 5.73 Å². The maximum Gasteiger partial charge on any atom is 0.0960 e. The molecule has 0 aliphatic heterocycles. The van der Waals surface area contributed by atoms with Crippen LogP contribution in [0, 0.1) is 0 Å². The third-order valence-electron chi connectivity index (χ3n) is 3.35. The van der Waals surface area contributed by atoms with Crippen LogP contribution in [0.4, 0.5) is 0 Å². The SMILES string of the molecule is CC(N)(Cc1nc2ccccc2s1)c1ccccc1Cl. The second-order valence-corrected chi connectivity index (χ2v) is 6.67. The van der Waals surface area contributed by atoms with Gasteiger partial charge >= 0.3 is 0 Å². The van der Waals surface area contributed by atoms with Gasteiger partial charge in [-0.25, -0.2) is 4.98 Å². The van der Waals surface area contributed by atoms with Crippen molar-refractivity contribution in [3.8, 4) is 0 Å². The lowest BCUT2D eigenvalue weighted by Gasteiger charge is -2.25. The average molecular weight is 303 g/mol. The first-order valence-corrected chi connectivity index (χ1v) is 7.64. The van der Waals surface area contributed by atoms with Crippen LogP contribution in [-0.4, -0.2) is 4.98 Å². The van der Waals surface area contributed by atoms with Gasteiger partial charge in [0, 0.05) is 17.0 Å². The summed E-state index contributed by atoms with van der Waals surface area (Å²) >= 11 is 7.95. The monoisotopic (exact) mass is 302 g/mol. The Morgan fingerprint density at radius 1 is 1.15 bits per heavy atom. The van der Waals surface area contributed by atoms with Crippen molar-refractivity contribution in [1.29, 1.82) is 0 Å². The zero-order chi connectivity index (χ0) is 14.2. The van der Waals surface area contributed by atoms with Crippen LogP contribution in [0.2, 0.25) is 5.02 Å². The van der Waals surface area contributed by atoms with E-state index in [1.165, 1.54) is 4.70 Å². The Bertz CT molecular complexity index is 716. The summed E-state index contributed by atoms with van der Waals surface area (Å²) in [6.45, 7) is 2.00. The number of para-hydroxylation sites is 1. The number of nitrogens with two attached hydrogens (primary N) is 1. The summed E-state index contributed by atoms with van der Waals surface area (Å²) < 4.78 is 1.19. The quantitative estimate of drug-likeness (QED) is 0.780. The van der Waals surface area contributed by atoms with Gasteiger partial charge in [0.05, 0.1) is 15.2 Å². The lowest BCUT2D eigenvalue weighted by atomic mass is 9.90. The van der Waals surface area contributed by atoms with E-state index in [1.54, 1.807) is 11.3 Å². The first kappa shape index (κ1) is 13.6. The molecule has 102 valence electrons. The number of thiazole rings is 1. The molecule has 3 rings (SSSR count). The number of fused-ring (bicyclic) bond motifs is 1. The van der Waals surface area contributed by atoms with Gasteiger partial charge < -0.3 is 5.73 Å². The van der Waals surface area contributed by atoms with E-state index in [0.29, 0.717) is 11.4 Å². The minimum absolute atomic E-state index is 0.522. The molecule has 1 aromatic heterocycles. The van der Waals surface area contributed by atoms with Crippen LogP contribution in [0.3, 0.4) is 0 Å². The summed E-state index contributed by atoms with van der Waals surface area (Å²) in [5, 5.41) is 1.75.